The van der Waals surface area contributed by atoms with Gasteiger partial charge in [-0.2, -0.15) is 5.10 Å². The van der Waals surface area contributed by atoms with Gasteiger partial charge < -0.3 is 14.8 Å². The molecule has 0 aliphatic heterocycles. The summed E-state index contributed by atoms with van der Waals surface area (Å²) in [7, 11) is 0. The standard InChI is InChI=1S/C22H18N4O4S/c1-14-7-8-17-21(9-14)31-22(25(17)13-15-5-3-2-4-6-15)24-23-12-16-10-18(26(29)30)20(28)11-19(16)27/h2-12,27-28H,13H2,1H3/b23-12-,24-22-. The molecule has 0 bridgehead atoms. The van der Waals surface area contributed by atoms with Crippen LogP contribution in [0.25, 0.3) is 10.2 Å². The van der Waals surface area contributed by atoms with Crippen LogP contribution in [0.4, 0.5) is 5.69 Å². The van der Waals surface area contributed by atoms with Gasteiger partial charge >= 0.3 is 5.69 Å². The van der Waals surface area contributed by atoms with Gasteiger partial charge in [0.05, 0.1) is 27.9 Å². The predicted molar refractivity (Wildman–Crippen MR) is 120 cm³/mol. The molecule has 4 aromatic rings. The molecule has 0 radical (unpaired) electrons. The van der Waals surface area contributed by atoms with Gasteiger partial charge in [-0.15, -0.1) is 5.10 Å². The zero-order chi connectivity index (χ0) is 22.0. The summed E-state index contributed by atoms with van der Waals surface area (Å²) in [4.78, 5) is 10.9. The van der Waals surface area contributed by atoms with E-state index >= 15 is 0 Å². The Morgan fingerprint density at radius 2 is 1.87 bits per heavy atom. The first-order valence-electron chi connectivity index (χ1n) is 9.34. The fraction of sp³-hybridized carbons (Fsp3) is 0.0909. The second-order valence-electron chi connectivity index (χ2n) is 6.93. The first-order valence-corrected chi connectivity index (χ1v) is 10.2. The van der Waals surface area contributed by atoms with E-state index in [1.54, 1.807) is 0 Å². The molecule has 1 heterocycles. The van der Waals surface area contributed by atoms with Gasteiger partial charge in [0, 0.05) is 17.7 Å². The fourth-order valence-corrected chi connectivity index (χ4v) is 4.23. The number of rotatable bonds is 5. The Balaban J connectivity index is 1.78. The van der Waals surface area contributed by atoms with Crippen molar-refractivity contribution < 1.29 is 15.1 Å². The Labute approximate surface area is 180 Å². The lowest BCUT2D eigenvalue weighted by atomic mass is 10.2. The predicted octanol–water partition coefficient (Wildman–Crippen LogP) is 4.31. The van der Waals surface area contributed by atoms with Crippen molar-refractivity contribution >= 4 is 33.5 Å². The van der Waals surface area contributed by atoms with Crippen molar-refractivity contribution in [3.05, 3.63) is 92.3 Å². The Kier molecular flexibility index (Phi) is 5.50. The van der Waals surface area contributed by atoms with E-state index in [1.807, 2.05) is 54.0 Å². The summed E-state index contributed by atoms with van der Waals surface area (Å²) in [6.45, 7) is 2.63. The van der Waals surface area contributed by atoms with Crippen LogP contribution < -0.4 is 4.80 Å². The van der Waals surface area contributed by atoms with Gasteiger partial charge in [-0.05, 0) is 30.2 Å². The average molecular weight is 434 g/mol. The number of hydrogen-bond donors (Lipinski definition) is 2. The Bertz CT molecular complexity index is 1370. The first kappa shape index (κ1) is 20.3. The molecule has 8 nitrogen and oxygen atoms in total. The molecule has 0 aliphatic carbocycles. The first-order chi connectivity index (χ1) is 14.9. The molecule has 1 aromatic heterocycles. The van der Waals surface area contributed by atoms with Crippen LogP contribution in [0.2, 0.25) is 0 Å². The highest BCUT2D eigenvalue weighted by Gasteiger charge is 2.16. The lowest BCUT2D eigenvalue weighted by molar-refractivity contribution is -0.385. The van der Waals surface area contributed by atoms with Crippen LogP contribution in [0.1, 0.15) is 16.7 Å². The summed E-state index contributed by atoms with van der Waals surface area (Å²) in [6.07, 6.45) is 1.23. The lowest BCUT2D eigenvalue weighted by Crippen LogP contribution is -2.15. The Morgan fingerprint density at radius 3 is 2.61 bits per heavy atom. The molecule has 0 spiro atoms. The molecule has 0 saturated heterocycles. The molecular formula is C22H18N4O4S. The summed E-state index contributed by atoms with van der Waals surface area (Å²) in [5.41, 5.74) is 2.84. The van der Waals surface area contributed by atoms with E-state index in [2.05, 4.69) is 16.3 Å². The van der Waals surface area contributed by atoms with E-state index in [4.69, 9.17) is 0 Å². The largest absolute Gasteiger partial charge is 0.507 e. The number of aromatic nitrogens is 1. The van der Waals surface area contributed by atoms with Crippen molar-refractivity contribution in [3.63, 3.8) is 0 Å². The maximum Gasteiger partial charge on any atom is 0.311 e. The molecule has 9 heteroatoms. The van der Waals surface area contributed by atoms with Crippen LogP contribution in [-0.4, -0.2) is 25.9 Å². The summed E-state index contributed by atoms with van der Waals surface area (Å²) < 4.78 is 3.11. The van der Waals surface area contributed by atoms with Crippen LogP contribution in [0, 0.1) is 17.0 Å². The molecule has 4 rings (SSSR count). The molecule has 2 N–H and O–H groups in total. The monoisotopic (exact) mass is 434 g/mol. The maximum absolute atomic E-state index is 11.0. The average Bonchev–Trinajstić information content (AvgIpc) is 3.06. The van der Waals surface area contributed by atoms with Crippen LogP contribution in [0.3, 0.4) is 0 Å². The summed E-state index contributed by atoms with van der Waals surface area (Å²) in [6, 6.07) is 18.1. The maximum atomic E-state index is 11.0. The van der Waals surface area contributed by atoms with E-state index < -0.39 is 16.4 Å². The number of nitrogens with zero attached hydrogens (tertiary/aromatic N) is 4. The van der Waals surface area contributed by atoms with Crippen LogP contribution >= 0.6 is 11.3 Å². The second-order valence-corrected chi connectivity index (χ2v) is 7.94. The normalized spacial score (nSPS) is 12.1. The highest BCUT2D eigenvalue weighted by Crippen LogP contribution is 2.32. The van der Waals surface area contributed by atoms with Crippen LogP contribution in [0.15, 0.2) is 70.9 Å². The Morgan fingerprint density at radius 1 is 1.10 bits per heavy atom. The van der Waals surface area contributed by atoms with Crippen LogP contribution in [-0.2, 0) is 6.54 Å². The highest BCUT2D eigenvalue weighted by atomic mass is 32.1. The van der Waals surface area contributed by atoms with E-state index in [0.29, 0.717) is 11.3 Å². The zero-order valence-electron chi connectivity index (χ0n) is 16.5. The van der Waals surface area contributed by atoms with Crippen LogP contribution in [0.5, 0.6) is 11.5 Å². The highest BCUT2D eigenvalue weighted by molar-refractivity contribution is 7.16. The van der Waals surface area contributed by atoms with Gasteiger partial charge in [-0.1, -0.05) is 47.7 Å². The number of nitro groups is 1. The number of aryl methyl sites for hydroxylation is 1. The number of benzene rings is 3. The van der Waals surface area contributed by atoms with Gasteiger partial charge in [0.15, 0.2) is 5.75 Å². The number of hydrogen-bond acceptors (Lipinski definition) is 7. The van der Waals surface area contributed by atoms with E-state index in [1.165, 1.54) is 17.6 Å². The van der Waals surface area contributed by atoms with Crippen molar-refractivity contribution in [1.82, 2.24) is 4.57 Å². The van der Waals surface area contributed by atoms with Crippen molar-refractivity contribution in [2.75, 3.05) is 0 Å². The van der Waals surface area contributed by atoms with Gasteiger partial charge in [-0.3, -0.25) is 10.1 Å². The van der Waals surface area contributed by atoms with Gasteiger partial charge in [0.25, 0.3) is 0 Å². The number of phenolic OH excluding ortho intramolecular Hbond substituents is 2. The minimum absolute atomic E-state index is 0.0832. The number of fused-ring (bicyclic) bond motifs is 1. The number of thiazole rings is 1. The summed E-state index contributed by atoms with van der Waals surface area (Å²) >= 11 is 1.48. The summed E-state index contributed by atoms with van der Waals surface area (Å²) in [5.74, 6) is -0.941. The molecule has 0 fully saturated rings. The van der Waals surface area contributed by atoms with Gasteiger partial charge in [0.1, 0.15) is 5.75 Å². The minimum atomic E-state index is -0.731. The molecule has 0 saturated carbocycles. The van der Waals surface area contributed by atoms with E-state index in [0.717, 1.165) is 33.5 Å². The molecule has 0 amide bonds. The molecule has 3 aromatic carbocycles. The van der Waals surface area contributed by atoms with Crippen molar-refractivity contribution in [3.8, 4) is 11.5 Å². The van der Waals surface area contributed by atoms with Crippen molar-refractivity contribution in [2.45, 2.75) is 13.5 Å². The molecule has 0 atom stereocenters. The number of phenols is 2. The zero-order valence-corrected chi connectivity index (χ0v) is 17.3. The second kappa shape index (κ2) is 8.41. The van der Waals surface area contributed by atoms with Gasteiger partial charge in [-0.25, -0.2) is 0 Å². The SMILES string of the molecule is Cc1ccc2c(c1)s/c(=N\N=C/c1cc([N+](=O)[O-])c(O)cc1O)n2Cc1ccccc1. The van der Waals surface area contributed by atoms with E-state index in [9.17, 15) is 20.3 Å². The molecule has 31 heavy (non-hydrogen) atoms. The molecule has 0 unspecified atom stereocenters. The van der Waals surface area contributed by atoms with E-state index in [-0.39, 0.29) is 11.3 Å². The molecule has 156 valence electrons. The fourth-order valence-electron chi connectivity index (χ4n) is 3.15. The third kappa shape index (κ3) is 4.31. The third-order valence-electron chi connectivity index (χ3n) is 4.68. The number of aromatic hydroxyl groups is 2. The topological polar surface area (TPSA) is 113 Å². The smallest absolute Gasteiger partial charge is 0.311 e. The lowest BCUT2D eigenvalue weighted by Gasteiger charge is -2.05. The Hall–Kier alpha value is -3.98. The molecular weight excluding hydrogens is 416 g/mol. The quantitative estimate of drug-likeness (QED) is 0.277. The molecule has 0 aliphatic rings. The minimum Gasteiger partial charge on any atom is -0.507 e. The summed E-state index contributed by atoms with van der Waals surface area (Å²) in [5, 5.41) is 38.9. The van der Waals surface area contributed by atoms with Gasteiger partial charge in [0.2, 0.25) is 4.80 Å². The third-order valence-corrected chi connectivity index (χ3v) is 5.71. The van der Waals surface area contributed by atoms with Crippen molar-refractivity contribution in [1.29, 1.82) is 0 Å². The number of nitro benzene ring substituents is 1. The van der Waals surface area contributed by atoms with Crippen molar-refractivity contribution in [2.24, 2.45) is 10.2 Å².